The average Bonchev–Trinajstić information content (AvgIpc) is 2.29. The first-order valence-corrected chi connectivity index (χ1v) is 6.40. The van der Waals surface area contributed by atoms with Crippen LogP contribution in [0, 0.1) is 0 Å². The lowest BCUT2D eigenvalue weighted by molar-refractivity contribution is -0.138. The third-order valence-corrected chi connectivity index (χ3v) is 2.80. The van der Waals surface area contributed by atoms with E-state index < -0.39 is 24.0 Å². The summed E-state index contributed by atoms with van der Waals surface area (Å²) in [6, 6.07) is 0. The van der Waals surface area contributed by atoms with E-state index >= 15 is 0 Å². The van der Waals surface area contributed by atoms with Crippen molar-refractivity contribution in [3.63, 3.8) is 0 Å². The largest absolute Gasteiger partial charge is 0.389 e. The summed E-state index contributed by atoms with van der Waals surface area (Å²) < 4.78 is 40.7. The predicted molar refractivity (Wildman–Crippen MR) is 66.6 cm³/mol. The van der Waals surface area contributed by atoms with Crippen molar-refractivity contribution in [2.75, 3.05) is 19.8 Å². The van der Waals surface area contributed by atoms with Crippen LogP contribution in [-0.4, -0.2) is 37.4 Å². The fraction of sp³-hybridized carbons (Fsp3) is 0.917. The van der Waals surface area contributed by atoms with Crippen LogP contribution in [0.2, 0.25) is 0 Å². The highest BCUT2D eigenvalue weighted by Gasteiger charge is 2.30. The zero-order valence-electron chi connectivity index (χ0n) is 11.5. The normalized spacial score (nSPS) is 15.2. The van der Waals surface area contributed by atoms with E-state index in [1.54, 1.807) is 6.92 Å². The molecule has 0 aromatic rings. The van der Waals surface area contributed by atoms with Crippen molar-refractivity contribution in [3.8, 4) is 0 Å². The van der Waals surface area contributed by atoms with Crippen LogP contribution in [0.5, 0.6) is 0 Å². The highest BCUT2D eigenvalue weighted by atomic mass is 19.4. The Morgan fingerprint density at radius 3 is 2.37 bits per heavy atom. The molecule has 0 rings (SSSR count). The minimum atomic E-state index is -4.15. The maximum atomic E-state index is 11.9. The quantitative estimate of drug-likeness (QED) is 0.603. The number of halogens is 3. The standard InChI is InChI=1S/C12H23F3N2O2/c1-3-7-17-11(2,10(16)18)6-9-19-8-4-5-12(13,14)15/h17H,3-9H2,1-2H3,(H2,16,18). The summed E-state index contributed by atoms with van der Waals surface area (Å²) in [6.07, 6.45) is -3.87. The predicted octanol–water partition coefficient (Wildman–Crippen LogP) is 1.98. The zero-order chi connectivity index (χ0) is 14.9. The Kier molecular flexibility index (Phi) is 8.01. The minimum Gasteiger partial charge on any atom is -0.381 e. The number of ether oxygens (including phenoxy) is 1. The molecule has 0 aromatic heterocycles. The summed E-state index contributed by atoms with van der Waals surface area (Å²) in [7, 11) is 0. The number of hydrogen-bond acceptors (Lipinski definition) is 3. The number of alkyl halides is 3. The number of nitrogens with two attached hydrogens (primary N) is 1. The van der Waals surface area contributed by atoms with Gasteiger partial charge in [0.15, 0.2) is 0 Å². The maximum Gasteiger partial charge on any atom is 0.389 e. The van der Waals surface area contributed by atoms with Crippen molar-refractivity contribution >= 4 is 5.91 Å². The molecular formula is C12H23F3N2O2. The number of carbonyl (C=O) groups is 1. The Balaban J connectivity index is 3.85. The highest BCUT2D eigenvalue weighted by molar-refractivity contribution is 5.84. The van der Waals surface area contributed by atoms with Crippen molar-refractivity contribution in [1.82, 2.24) is 5.32 Å². The fourth-order valence-electron chi connectivity index (χ4n) is 1.45. The molecule has 0 fully saturated rings. The SMILES string of the molecule is CCCNC(C)(CCOCCCC(F)(F)F)C(N)=O. The van der Waals surface area contributed by atoms with Gasteiger partial charge in [0.25, 0.3) is 0 Å². The lowest BCUT2D eigenvalue weighted by atomic mass is 9.97. The first-order chi connectivity index (χ1) is 8.71. The molecule has 1 unspecified atom stereocenters. The fourth-order valence-corrected chi connectivity index (χ4v) is 1.45. The zero-order valence-corrected chi connectivity index (χ0v) is 11.5. The molecule has 7 heteroatoms. The lowest BCUT2D eigenvalue weighted by Crippen LogP contribution is -2.54. The van der Waals surface area contributed by atoms with Crippen LogP contribution in [0.25, 0.3) is 0 Å². The second-order valence-corrected chi connectivity index (χ2v) is 4.70. The molecular weight excluding hydrogens is 261 g/mol. The molecule has 0 aromatic carbocycles. The van der Waals surface area contributed by atoms with E-state index in [1.165, 1.54) is 0 Å². The van der Waals surface area contributed by atoms with Gasteiger partial charge in [-0.1, -0.05) is 6.92 Å². The molecule has 0 saturated heterocycles. The van der Waals surface area contributed by atoms with Gasteiger partial charge >= 0.3 is 6.18 Å². The van der Waals surface area contributed by atoms with Crippen LogP contribution in [0.4, 0.5) is 13.2 Å². The molecule has 1 amide bonds. The Labute approximate surface area is 111 Å². The molecule has 0 heterocycles. The van der Waals surface area contributed by atoms with Gasteiger partial charge in [0, 0.05) is 19.6 Å². The minimum absolute atomic E-state index is 0.0299. The highest BCUT2D eigenvalue weighted by Crippen LogP contribution is 2.21. The maximum absolute atomic E-state index is 11.9. The first-order valence-electron chi connectivity index (χ1n) is 6.40. The van der Waals surface area contributed by atoms with E-state index in [4.69, 9.17) is 10.5 Å². The molecule has 0 aliphatic carbocycles. The number of amides is 1. The number of primary amides is 1. The van der Waals surface area contributed by atoms with E-state index in [9.17, 15) is 18.0 Å². The molecule has 4 nitrogen and oxygen atoms in total. The first kappa shape index (κ1) is 18.2. The summed E-state index contributed by atoms with van der Waals surface area (Å²) in [5, 5.41) is 3.03. The van der Waals surface area contributed by atoms with Gasteiger partial charge < -0.3 is 15.8 Å². The molecule has 0 saturated carbocycles. The summed E-state index contributed by atoms with van der Waals surface area (Å²) in [4.78, 5) is 11.3. The second-order valence-electron chi connectivity index (χ2n) is 4.70. The topological polar surface area (TPSA) is 64.3 Å². The van der Waals surface area contributed by atoms with Gasteiger partial charge in [0.2, 0.25) is 5.91 Å². The van der Waals surface area contributed by atoms with Gasteiger partial charge in [-0.05, 0) is 32.7 Å². The van der Waals surface area contributed by atoms with Gasteiger partial charge in [0.05, 0.1) is 5.54 Å². The number of rotatable bonds is 10. The number of nitrogens with one attached hydrogen (secondary N) is 1. The van der Waals surface area contributed by atoms with E-state index in [0.717, 1.165) is 6.42 Å². The van der Waals surface area contributed by atoms with Gasteiger partial charge in [-0.3, -0.25) is 4.79 Å². The smallest absolute Gasteiger partial charge is 0.381 e. The van der Waals surface area contributed by atoms with Crippen LogP contribution in [0.15, 0.2) is 0 Å². The van der Waals surface area contributed by atoms with E-state index in [-0.39, 0.29) is 19.6 Å². The average molecular weight is 284 g/mol. The van der Waals surface area contributed by atoms with Crippen molar-refractivity contribution in [3.05, 3.63) is 0 Å². The van der Waals surface area contributed by atoms with Gasteiger partial charge in [-0.15, -0.1) is 0 Å². The Morgan fingerprint density at radius 1 is 1.26 bits per heavy atom. The molecule has 3 N–H and O–H groups in total. The van der Waals surface area contributed by atoms with Crippen LogP contribution < -0.4 is 11.1 Å². The van der Waals surface area contributed by atoms with Gasteiger partial charge in [0.1, 0.15) is 0 Å². The Morgan fingerprint density at radius 2 is 1.89 bits per heavy atom. The number of hydrogen-bond donors (Lipinski definition) is 2. The molecule has 114 valence electrons. The molecule has 19 heavy (non-hydrogen) atoms. The molecule has 0 radical (unpaired) electrons. The van der Waals surface area contributed by atoms with E-state index in [1.807, 2.05) is 6.92 Å². The van der Waals surface area contributed by atoms with Gasteiger partial charge in [-0.2, -0.15) is 13.2 Å². The van der Waals surface area contributed by atoms with Crippen molar-refractivity contribution in [2.24, 2.45) is 5.73 Å². The van der Waals surface area contributed by atoms with Crippen LogP contribution in [0.3, 0.4) is 0 Å². The summed E-state index contributed by atoms with van der Waals surface area (Å²) in [5.74, 6) is -0.486. The van der Waals surface area contributed by atoms with Crippen molar-refractivity contribution in [2.45, 2.75) is 51.2 Å². The van der Waals surface area contributed by atoms with E-state index in [0.29, 0.717) is 13.0 Å². The molecule has 1 atom stereocenters. The van der Waals surface area contributed by atoms with E-state index in [2.05, 4.69) is 5.32 Å². The molecule has 0 aliphatic heterocycles. The van der Waals surface area contributed by atoms with Crippen LogP contribution in [-0.2, 0) is 9.53 Å². The van der Waals surface area contributed by atoms with Crippen molar-refractivity contribution < 1.29 is 22.7 Å². The summed E-state index contributed by atoms with van der Waals surface area (Å²) >= 11 is 0. The Hall–Kier alpha value is -0.820. The third kappa shape index (κ3) is 8.83. The molecule has 0 spiro atoms. The third-order valence-electron chi connectivity index (χ3n) is 2.80. The molecule has 0 bridgehead atoms. The van der Waals surface area contributed by atoms with Gasteiger partial charge in [-0.25, -0.2) is 0 Å². The monoisotopic (exact) mass is 284 g/mol. The Bertz CT molecular complexity index is 272. The summed E-state index contributed by atoms with van der Waals surface area (Å²) in [6.45, 7) is 4.51. The van der Waals surface area contributed by atoms with Crippen LogP contribution >= 0.6 is 0 Å². The molecule has 0 aliphatic rings. The van der Waals surface area contributed by atoms with Crippen LogP contribution in [0.1, 0.15) is 39.5 Å². The summed E-state index contributed by atoms with van der Waals surface area (Å²) in [5.41, 5.74) is 4.43. The second kappa shape index (κ2) is 8.37. The lowest BCUT2D eigenvalue weighted by Gasteiger charge is -2.27. The van der Waals surface area contributed by atoms with Crippen molar-refractivity contribution in [1.29, 1.82) is 0 Å². The number of carbonyl (C=O) groups excluding carboxylic acids is 1.